The summed E-state index contributed by atoms with van der Waals surface area (Å²) in [5.41, 5.74) is 6.81. The molecule has 0 unspecified atom stereocenters. The van der Waals surface area contributed by atoms with Gasteiger partial charge in [0.15, 0.2) is 0 Å². The first kappa shape index (κ1) is 30.9. The smallest absolute Gasteiger partial charge is 0.349 e. The Morgan fingerprint density at radius 1 is 0.976 bits per heavy atom. The maximum Gasteiger partial charge on any atom is 0.349 e. The third-order valence-electron chi connectivity index (χ3n) is 7.33. The van der Waals surface area contributed by atoms with Crippen LogP contribution in [-0.2, 0) is 21.9 Å². The molecule has 0 bridgehead atoms. The van der Waals surface area contributed by atoms with Crippen LogP contribution in [0.1, 0.15) is 43.2 Å². The van der Waals surface area contributed by atoms with Gasteiger partial charge < -0.3 is 20.1 Å². The Morgan fingerprint density at radius 3 is 2.17 bits per heavy atom. The van der Waals surface area contributed by atoms with E-state index >= 15 is 0 Å². The van der Waals surface area contributed by atoms with Crippen molar-refractivity contribution < 1.29 is 27.4 Å². The van der Waals surface area contributed by atoms with Crippen molar-refractivity contribution in [1.82, 2.24) is 4.90 Å². The number of hydrogen-bond donors (Lipinski definition) is 1. The van der Waals surface area contributed by atoms with Gasteiger partial charge in [0.2, 0.25) is 0 Å². The van der Waals surface area contributed by atoms with Crippen LogP contribution in [0.2, 0.25) is 5.02 Å². The van der Waals surface area contributed by atoms with Crippen LogP contribution in [-0.4, -0.2) is 49.8 Å². The van der Waals surface area contributed by atoms with Gasteiger partial charge in [-0.3, -0.25) is 4.79 Å². The molecule has 0 atom stereocenters. The van der Waals surface area contributed by atoms with E-state index in [0.29, 0.717) is 11.1 Å². The molecule has 220 valence electrons. The number of carbonyl (C=O) groups is 1. The fraction of sp³-hybridized carbons (Fsp3) is 0.406. The molecule has 3 aromatic carbocycles. The average molecular weight is 589 g/mol. The zero-order chi connectivity index (χ0) is 29.2. The van der Waals surface area contributed by atoms with Gasteiger partial charge in [-0.25, -0.2) is 4.39 Å². The van der Waals surface area contributed by atoms with E-state index in [1.807, 2.05) is 6.07 Å². The van der Waals surface area contributed by atoms with Crippen LogP contribution in [0.4, 0.5) is 13.2 Å². The number of nitrogens with two attached hydrogens (primary N) is 1. The van der Waals surface area contributed by atoms with Gasteiger partial charge in [-0.05, 0) is 86.3 Å². The molecule has 2 aliphatic rings. The molecule has 1 amide bonds. The SMILES string of the molecule is Clc1cc(CCCN2CCCC2)ccc1OC1CCOCC1.NC(=O)C(F)(F)c1ccc(-c2ccc(F)cc2)cc1. The number of nitrogens with zero attached hydrogens (tertiary/aromatic N) is 1. The molecule has 3 aromatic rings. The first-order valence-electron chi connectivity index (χ1n) is 14.0. The molecule has 9 heteroatoms. The van der Waals surface area contributed by atoms with E-state index in [2.05, 4.69) is 22.8 Å². The monoisotopic (exact) mass is 588 g/mol. The number of primary amides is 1. The summed E-state index contributed by atoms with van der Waals surface area (Å²) in [6.45, 7) is 5.34. The van der Waals surface area contributed by atoms with Crippen LogP contribution in [0, 0.1) is 5.82 Å². The largest absolute Gasteiger partial charge is 0.489 e. The average Bonchev–Trinajstić information content (AvgIpc) is 3.49. The molecule has 5 rings (SSSR count). The van der Waals surface area contributed by atoms with Crippen LogP contribution in [0.15, 0.2) is 66.7 Å². The Kier molecular flexibility index (Phi) is 11.1. The predicted octanol–water partition coefficient (Wildman–Crippen LogP) is 7.00. The molecule has 0 aliphatic carbocycles. The summed E-state index contributed by atoms with van der Waals surface area (Å²) >= 11 is 6.39. The lowest BCUT2D eigenvalue weighted by atomic mass is 10.0. The van der Waals surface area contributed by atoms with Crippen molar-refractivity contribution in [2.24, 2.45) is 5.73 Å². The van der Waals surface area contributed by atoms with Crippen molar-refractivity contribution in [1.29, 1.82) is 0 Å². The van der Waals surface area contributed by atoms with E-state index in [1.165, 1.54) is 80.9 Å². The van der Waals surface area contributed by atoms with Gasteiger partial charge in [-0.15, -0.1) is 0 Å². The topological polar surface area (TPSA) is 64.8 Å². The number of alkyl halides is 2. The zero-order valence-electron chi connectivity index (χ0n) is 23.0. The summed E-state index contributed by atoms with van der Waals surface area (Å²) in [6, 6.07) is 17.0. The number of ether oxygens (including phenoxy) is 2. The van der Waals surface area contributed by atoms with Gasteiger partial charge in [-0.2, -0.15) is 8.78 Å². The van der Waals surface area contributed by atoms with Crippen molar-refractivity contribution in [2.45, 2.75) is 50.6 Å². The number of aryl methyl sites for hydroxylation is 1. The quantitative estimate of drug-likeness (QED) is 0.292. The highest BCUT2D eigenvalue weighted by atomic mass is 35.5. The molecule has 2 heterocycles. The molecule has 0 radical (unpaired) electrons. The third-order valence-corrected chi connectivity index (χ3v) is 7.63. The fourth-order valence-corrected chi connectivity index (χ4v) is 5.19. The minimum absolute atomic E-state index is 0.243. The Balaban J connectivity index is 0.000000191. The molecule has 0 saturated carbocycles. The maximum atomic E-state index is 13.3. The Hall–Kier alpha value is -3.07. The number of likely N-dealkylation sites (tertiary alicyclic amines) is 1. The van der Waals surface area contributed by atoms with Crippen molar-refractivity contribution >= 4 is 17.5 Å². The van der Waals surface area contributed by atoms with Crippen LogP contribution in [0.3, 0.4) is 0 Å². The van der Waals surface area contributed by atoms with E-state index in [4.69, 9.17) is 21.1 Å². The number of carbonyl (C=O) groups excluding carboxylic acids is 1. The van der Waals surface area contributed by atoms with Crippen LogP contribution < -0.4 is 10.5 Å². The van der Waals surface area contributed by atoms with Crippen molar-refractivity contribution in [2.75, 3.05) is 32.8 Å². The van der Waals surface area contributed by atoms with E-state index < -0.39 is 17.4 Å². The lowest BCUT2D eigenvalue weighted by Gasteiger charge is -2.24. The molecule has 2 N–H and O–H groups in total. The minimum Gasteiger partial charge on any atom is -0.489 e. The minimum atomic E-state index is -3.69. The summed E-state index contributed by atoms with van der Waals surface area (Å²) in [4.78, 5) is 13.2. The number of benzene rings is 3. The number of halogens is 4. The summed E-state index contributed by atoms with van der Waals surface area (Å²) in [5, 5.41) is 0.741. The molecule has 0 spiro atoms. The summed E-state index contributed by atoms with van der Waals surface area (Å²) in [6.07, 6.45) is 7.17. The van der Waals surface area contributed by atoms with Crippen molar-refractivity contribution in [3.8, 4) is 16.9 Å². The van der Waals surface area contributed by atoms with Gasteiger partial charge in [0.05, 0.1) is 18.2 Å². The number of amides is 1. The first-order chi connectivity index (χ1) is 19.7. The lowest BCUT2D eigenvalue weighted by Crippen LogP contribution is -2.32. The molecule has 2 saturated heterocycles. The number of hydrogen-bond acceptors (Lipinski definition) is 4. The summed E-state index contributed by atoms with van der Waals surface area (Å²) < 4.78 is 50.8. The normalized spacial score (nSPS) is 16.2. The molecular formula is C32H36ClF3N2O3. The zero-order valence-corrected chi connectivity index (χ0v) is 23.7. The van der Waals surface area contributed by atoms with Crippen LogP contribution >= 0.6 is 11.6 Å². The molecular weight excluding hydrogens is 553 g/mol. The van der Waals surface area contributed by atoms with Crippen molar-refractivity contribution in [3.63, 3.8) is 0 Å². The summed E-state index contributed by atoms with van der Waals surface area (Å²) in [7, 11) is 0. The number of rotatable bonds is 9. The molecule has 41 heavy (non-hydrogen) atoms. The van der Waals surface area contributed by atoms with Crippen LogP contribution in [0.25, 0.3) is 11.1 Å². The highest BCUT2D eigenvalue weighted by molar-refractivity contribution is 6.32. The summed E-state index contributed by atoms with van der Waals surface area (Å²) in [5.74, 6) is -4.94. The van der Waals surface area contributed by atoms with Gasteiger partial charge in [0.25, 0.3) is 5.91 Å². The van der Waals surface area contributed by atoms with Gasteiger partial charge in [-0.1, -0.05) is 54.1 Å². The molecule has 2 aliphatic heterocycles. The van der Waals surface area contributed by atoms with E-state index in [1.54, 1.807) is 0 Å². The van der Waals surface area contributed by atoms with Crippen LogP contribution in [0.5, 0.6) is 5.75 Å². The highest BCUT2D eigenvalue weighted by Gasteiger charge is 2.38. The second kappa shape index (κ2) is 14.7. The third kappa shape index (κ3) is 8.96. The lowest BCUT2D eigenvalue weighted by molar-refractivity contribution is -0.143. The van der Waals surface area contributed by atoms with Gasteiger partial charge in [0.1, 0.15) is 17.7 Å². The standard InChI is InChI=1S/C18H26ClNO2.C14H10F3NO/c19-17-14-15(4-3-11-20-9-1-2-10-20)5-6-18(17)22-16-7-12-21-13-8-16;15-12-7-3-10(4-8-12)9-1-5-11(6-2-9)14(16,17)13(18)19/h5-6,14,16H,1-4,7-13H2;1-8H,(H2,18,19). The highest BCUT2D eigenvalue weighted by Crippen LogP contribution is 2.30. The Bertz CT molecular complexity index is 1260. The predicted molar refractivity (Wildman–Crippen MR) is 155 cm³/mol. The Labute approximate surface area is 244 Å². The van der Waals surface area contributed by atoms with E-state index in [9.17, 15) is 18.0 Å². The van der Waals surface area contributed by atoms with E-state index in [-0.39, 0.29) is 11.9 Å². The molecule has 2 fully saturated rings. The Morgan fingerprint density at radius 2 is 1.59 bits per heavy atom. The second-order valence-electron chi connectivity index (χ2n) is 10.4. The molecule has 5 nitrogen and oxygen atoms in total. The second-order valence-corrected chi connectivity index (χ2v) is 10.8. The molecule has 0 aromatic heterocycles. The van der Waals surface area contributed by atoms with E-state index in [0.717, 1.165) is 55.4 Å². The van der Waals surface area contributed by atoms with Crippen molar-refractivity contribution in [3.05, 3.63) is 88.7 Å². The first-order valence-corrected chi connectivity index (χ1v) is 14.4. The van der Waals surface area contributed by atoms with Gasteiger partial charge >= 0.3 is 5.92 Å². The van der Waals surface area contributed by atoms with Gasteiger partial charge in [0, 0.05) is 18.4 Å². The maximum absolute atomic E-state index is 13.3. The fourth-order valence-electron chi connectivity index (χ4n) is 4.94.